The summed E-state index contributed by atoms with van der Waals surface area (Å²) in [5.41, 5.74) is 2.15. The molecule has 156 valence electrons. The highest BCUT2D eigenvalue weighted by atomic mass is 16.6. The van der Waals surface area contributed by atoms with Gasteiger partial charge in [-0.05, 0) is 37.6 Å². The van der Waals surface area contributed by atoms with Crippen LogP contribution in [-0.2, 0) is 6.54 Å². The molecule has 0 radical (unpaired) electrons. The maximum Gasteiger partial charge on any atom is 0.257 e. The second-order valence-corrected chi connectivity index (χ2v) is 6.86. The van der Waals surface area contributed by atoms with Gasteiger partial charge in [0.05, 0.1) is 24.1 Å². The van der Waals surface area contributed by atoms with Crippen molar-refractivity contribution in [3.63, 3.8) is 0 Å². The number of aromatic nitrogens is 4. The van der Waals surface area contributed by atoms with Crippen LogP contribution in [0.4, 0.5) is 0 Å². The zero-order valence-electron chi connectivity index (χ0n) is 17.2. The predicted molar refractivity (Wildman–Crippen MR) is 108 cm³/mol. The SMILES string of the molecule is CCOc1ccc(-n2ncc(C(=O)N(C)Cc3ccc4c(c3)OCCO4)c2C)nn1. The number of benzene rings is 1. The first-order valence-electron chi connectivity index (χ1n) is 9.72. The maximum atomic E-state index is 13.0. The third-order valence-electron chi connectivity index (χ3n) is 4.75. The lowest BCUT2D eigenvalue weighted by Gasteiger charge is -2.21. The van der Waals surface area contributed by atoms with Crippen molar-refractivity contribution < 1.29 is 19.0 Å². The van der Waals surface area contributed by atoms with Gasteiger partial charge in [0.15, 0.2) is 17.3 Å². The Labute approximate surface area is 174 Å². The van der Waals surface area contributed by atoms with Crippen LogP contribution in [0.5, 0.6) is 17.4 Å². The second kappa shape index (κ2) is 8.40. The standard InChI is InChI=1S/C21H23N5O4/c1-4-28-20-8-7-19(23-24-20)26-14(2)16(12-22-26)21(27)25(3)13-15-5-6-17-18(11-15)30-10-9-29-17/h5-8,11-12H,4,9-10,13H2,1-3H3. The Hall–Kier alpha value is -3.62. The number of carbonyl (C=O) groups excluding carboxylic acids is 1. The van der Waals surface area contributed by atoms with Crippen molar-refractivity contribution in [3.05, 3.63) is 53.3 Å². The van der Waals surface area contributed by atoms with E-state index in [4.69, 9.17) is 14.2 Å². The van der Waals surface area contributed by atoms with Crippen LogP contribution in [0.3, 0.4) is 0 Å². The Morgan fingerprint density at radius 1 is 1.17 bits per heavy atom. The molecule has 4 rings (SSSR count). The lowest BCUT2D eigenvalue weighted by molar-refractivity contribution is 0.0784. The molecule has 0 fully saturated rings. The lowest BCUT2D eigenvalue weighted by atomic mass is 10.1. The normalized spacial score (nSPS) is 12.5. The number of hydrogen-bond donors (Lipinski definition) is 0. The van der Waals surface area contributed by atoms with E-state index in [-0.39, 0.29) is 5.91 Å². The van der Waals surface area contributed by atoms with Crippen molar-refractivity contribution in [1.82, 2.24) is 24.9 Å². The molecule has 0 aliphatic carbocycles. The van der Waals surface area contributed by atoms with Crippen molar-refractivity contribution >= 4 is 5.91 Å². The van der Waals surface area contributed by atoms with Gasteiger partial charge in [0.25, 0.3) is 5.91 Å². The zero-order valence-corrected chi connectivity index (χ0v) is 17.2. The van der Waals surface area contributed by atoms with Crippen molar-refractivity contribution in [2.45, 2.75) is 20.4 Å². The van der Waals surface area contributed by atoms with E-state index < -0.39 is 0 Å². The van der Waals surface area contributed by atoms with Crippen molar-refractivity contribution in [2.24, 2.45) is 0 Å². The molecule has 9 heteroatoms. The summed E-state index contributed by atoms with van der Waals surface area (Å²) >= 11 is 0. The summed E-state index contributed by atoms with van der Waals surface area (Å²) < 4.78 is 18.1. The van der Waals surface area contributed by atoms with Gasteiger partial charge in [0, 0.05) is 19.7 Å². The van der Waals surface area contributed by atoms with Gasteiger partial charge in [-0.2, -0.15) is 5.10 Å². The average molecular weight is 409 g/mol. The minimum absolute atomic E-state index is 0.132. The Balaban J connectivity index is 1.49. The van der Waals surface area contributed by atoms with Crippen LogP contribution in [0.1, 0.15) is 28.5 Å². The molecule has 9 nitrogen and oxygen atoms in total. The van der Waals surface area contributed by atoms with E-state index in [0.29, 0.717) is 55.1 Å². The molecule has 0 saturated carbocycles. The van der Waals surface area contributed by atoms with Crippen LogP contribution >= 0.6 is 0 Å². The molecular weight excluding hydrogens is 386 g/mol. The lowest BCUT2D eigenvalue weighted by Crippen LogP contribution is -2.26. The van der Waals surface area contributed by atoms with Crippen LogP contribution in [-0.4, -0.2) is 57.7 Å². The predicted octanol–water partition coefficient (Wildman–Crippen LogP) is 2.41. The first-order chi connectivity index (χ1) is 14.6. The summed E-state index contributed by atoms with van der Waals surface area (Å²) in [5, 5.41) is 12.5. The van der Waals surface area contributed by atoms with Crippen LogP contribution in [0.2, 0.25) is 0 Å². The number of carbonyl (C=O) groups is 1. The maximum absolute atomic E-state index is 13.0. The van der Waals surface area contributed by atoms with Gasteiger partial charge in [-0.1, -0.05) is 6.07 Å². The molecule has 0 bridgehead atoms. The monoisotopic (exact) mass is 409 g/mol. The molecule has 0 spiro atoms. The summed E-state index contributed by atoms with van der Waals surface area (Å²) in [6.45, 7) is 5.74. The third kappa shape index (κ3) is 3.91. The Morgan fingerprint density at radius 2 is 1.97 bits per heavy atom. The molecule has 0 unspecified atom stereocenters. The molecule has 1 amide bonds. The molecule has 0 atom stereocenters. The summed E-state index contributed by atoms with van der Waals surface area (Å²) in [4.78, 5) is 14.6. The van der Waals surface area contributed by atoms with E-state index in [2.05, 4.69) is 15.3 Å². The van der Waals surface area contributed by atoms with E-state index in [1.54, 1.807) is 35.0 Å². The van der Waals surface area contributed by atoms with E-state index in [9.17, 15) is 4.79 Å². The molecule has 3 aromatic rings. The minimum atomic E-state index is -0.132. The highest BCUT2D eigenvalue weighted by Crippen LogP contribution is 2.31. The molecule has 2 aromatic heterocycles. The summed E-state index contributed by atoms with van der Waals surface area (Å²) in [6, 6.07) is 9.19. The Kier molecular flexibility index (Phi) is 5.51. The largest absolute Gasteiger partial charge is 0.486 e. The summed E-state index contributed by atoms with van der Waals surface area (Å²) in [5.74, 6) is 2.27. The topological polar surface area (TPSA) is 91.6 Å². The van der Waals surface area contributed by atoms with Crippen LogP contribution in [0.25, 0.3) is 5.82 Å². The van der Waals surface area contributed by atoms with E-state index in [1.165, 1.54) is 0 Å². The third-order valence-corrected chi connectivity index (χ3v) is 4.75. The van der Waals surface area contributed by atoms with Gasteiger partial charge in [0.2, 0.25) is 5.88 Å². The van der Waals surface area contributed by atoms with E-state index in [1.807, 2.05) is 32.0 Å². The fourth-order valence-electron chi connectivity index (χ4n) is 3.24. The van der Waals surface area contributed by atoms with Crippen molar-refractivity contribution in [2.75, 3.05) is 26.9 Å². The molecule has 0 saturated heterocycles. The quantitative estimate of drug-likeness (QED) is 0.617. The number of ether oxygens (including phenoxy) is 3. The van der Waals surface area contributed by atoms with Gasteiger partial charge < -0.3 is 19.1 Å². The molecule has 0 N–H and O–H groups in total. The van der Waals surface area contributed by atoms with E-state index in [0.717, 1.165) is 11.3 Å². The molecule has 1 aromatic carbocycles. The smallest absolute Gasteiger partial charge is 0.257 e. The summed E-state index contributed by atoms with van der Waals surface area (Å²) in [6.07, 6.45) is 1.55. The number of fused-ring (bicyclic) bond motifs is 1. The molecule has 30 heavy (non-hydrogen) atoms. The molecule has 1 aliphatic rings. The van der Waals surface area contributed by atoms with Crippen LogP contribution < -0.4 is 14.2 Å². The second-order valence-electron chi connectivity index (χ2n) is 6.86. The van der Waals surface area contributed by atoms with Gasteiger partial charge in [-0.15, -0.1) is 10.2 Å². The average Bonchev–Trinajstić information content (AvgIpc) is 3.15. The van der Waals surface area contributed by atoms with Gasteiger partial charge in [-0.25, -0.2) is 4.68 Å². The van der Waals surface area contributed by atoms with Gasteiger partial charge in [-0.3, -0.25) is 4.79 Å². The van der Waals surface area contributed by atoms with Crippen molar-refractivity contribution in [3.8, 4) is 23.2 Å². The molecule has 1 aliphatic heterocycles. The van der Waals surface area contributed by atoms with Gasteiger partial charge >= 0.3 is 0 Å². The summed E-state index contributed by atoms with van der Waals surface area (Å²) in [7, 11) is 1.76. The number of amides is 1. The first-order valence-corrected chi connectivity index (χ1v) is 9.72. The van der Waals surface area contributed by atoms with Crippen LogP contribution in [0.15, 0.2) is 36.5 Å². The van der Waals surface area contributed by atoms with Gasteiger partial charge in [0.1, 0.15) is 13.2 Å². The zero-order chi connectivity index (χ0) is 21.1. The molecular formula is C21H23N5O4. The highest BCUT2D eigenvalue weighted by molar-refractivity contribution is 5.95. The Bertz CT molecular complexity index is 1050. The highest BCUT2D eigenvalue weighted by Gasteiger charge is 2.20. The first kappa shape index (κ1) is 19.7. The number of nitrogens with zero attached hydrogens (tertiary/aromatic N) is 5. The number of rotatable bonds is 6. The van der Waals surface area contributed by atoms with Crippen LogP contribution in [0, 0.1) is 6.92 Å². The minimum Gasteiger partial charge on any atom is -0.486 e. The fourth-order valence-corrected chi connectivity index (χ4v) is 3.24. The fraction of sp³-hybridized carbons (Fsp3) is 0.333. The van der Waals surface area contributed by atoms with E-state index >= 15 is 0 Å². The number of hydrogen-bond acceptors (Lipinski definition) is 7. The van der Waals surface area contributed by atoms with Crippen molar-refractivity contribution in [1.29, 1.82) is 0 Å². The Morgan fingerprint density at radius 3 is 2.70 bits per heavy atom. The molecule has 3 heterocycles.